The van der Waals surface area contributed by atoms with Crippen molar-refractivity contribution >= 4 is 21.3 Å². The number of benzene rings is 1. The first kappa shape index (κ1) is 21.4. The van der Waals surface area contributed by atoms with Gasteiger partial charge >= 0.3 is 0 Å². The van der Waals surface area contributed by atoms with E-state index in [0.717, 1.165) is 44.3 Å². The summed E-state index contributed by atoms with van der Waals surface area (Å²) in [4.78, 5) is 15.2. The second kappa shape index (κ2) is 9.43. The molecule has 1 aliphatic heterocycles. The lowest BCUT2D eigenvalue weighted by molar-refractivity contribution is -0.123. The number of hydrogen-bond donors (Lipinski definition) is 0. The second-order valence-electron chi connectivity index (χ2n) is 8.95. The molecule has 28 heavy (non-hydrogen) atoms. The van der Waals surface area contributed by atoms with Gasteiger partial charge in [-0.2, -0.15) is 0 Å². The van der Waals surface area contributed by atoms with Crippen LogP contribution in [-0.4, -0.2) is 38.3 Å². The fourth-order valence-electron chi connectivity index (χ4n) is 4.49. The average Bonchev–Trinajstić information content (AvgIpc) is 2.69. The number of rotatable bonds is 7. The molecular weight excluding hydrogens is 370 g/mol. The van der Waals surface area contributed by atoms with Gasteiger partial charge in [0.15, 0.2) is 9.84 Å². The van der Waals surface area contributed by atoms with Crippen molar-refractivity contribution in [3.8, 4) is 0 Å². The first-order valence-electron chi connectivity index (χ1n) is 10.9. The van der Waals surface area contributed by atoms with Crippen LogP contribution in [0.3, 0.4) is 0 Å². The van der Waals surface area contributed by atoms with Crippen LogP contribution in [0.4, 0.5) is 5.69 Å². The molecule has 3 rings (SSSR count). The quantitative estimate of drug-likeness (QED) is 0.674. The van der Waals surface area contributed by atoms with Crippen molar-refractivity contribution in [2.45, 2.75) is 70.5 Å². The third kappa shape index (κ3) is 5.59. The molecule has 1 aliphatic carbocycles. The Morgan fingerprint density at radius 3 is 2.18 bits per heavy atom. The van der Waals surface area contributed by atoms with Crippen LogP contribution in [-0.2, 0) is 21.1 Å². The van der Waals surface area contributed by atoms with Crippen molar-refractivity contribution in [2.75, 3.05) is 23.7 Å². The molecule has 156 valence electrons. The summed E-state index contributed by atoms with van der Waals surface area (Å²) >= 11 is 0. The van der Waals surface area contributed by atoms with Crippen LogP contribution < -0.4 is 4.90 Å². The van der Waals surface area contributed by atoms with Gasteiger partial charge in [0.25, 0.3) is 0 Å². The number of hydrogen-bond acceptors (Lipinski definition) is 4. The minimum atomic E-state index is -2.99. The highest BCUT2D eigenvalue weighted by atomic mass is 32.2. The van der Waals surface area contributed by atoms with Crippen LogP contribution in [0.15, 0.2) is 24.3 Å². The summed E-state index contributed by atoms with van der Waals surface area (Å²) in [5, 5.41) is -0.306. The largest absolute Gasteiger partial charge is 0.372 e. The molecule has 2 fully saturated rings. The van der Waals surface area contributed by atoms with Crippen molar-refractivity contribution in [3.05, 3.63) is 29.8 Å². The van der Waals surface area contributed by atoms with E-state index in [4.69, 9.17) is 0 Å². The Balaban J connectivity index is 1.48. The summed E-state index contributed by atoms with van der Waals surface area (Å²) in [6.07, 6.45) is 7.75. The standard InChI is InChI=1S/C23H35NO3S/c1-18(2)28(26,27)17-20-6-10-21(11-7-20)23(25)16-19-8-12-22(13-9-19)24-14-4-3-5-15-24/h8-9,12-13,18,20-21H,3-7,10-11,14-17H2,1-2H3. The van der Waals surface area contributed by atoms with Crippen molar-refractivity contribution in [1.29, 1.82) is 0 Å². The van der Waals surface area contributed by atoms with Gasteiger partial charge in [-0.3, -0.25) is 4.79 Å². The highest BCUT2D eigenvalue weighted by Gasteiger charge is 2.30. The van der Waals surface area contributed by atoms with E-state index in [1.165, 1.54) is 24.9 Å². The van der Waals surface area contributed by atoms with Crippen molar-refractivity contribution in [1.82, 2.24) is 0 Å². The zero-order valence-corrected chi connectivity index (χ0v) is 18.2. The maximum absolute atomic E-state index is 12.7. The molecule has 5 heteroatoms. The SMILES string of the molecule is CC(C)S(=O)(=O)CC1CCC(C(=O)Cc2ccc(N3CCCCC3)cc2)CC1. The van der Waals surface area contributed by atoms with Crippen molar-refractivity contribution in [2.24, 2.45) is 11.8 Å². The monoisotopic (exact) mass is 405 g/mol. The summed E-state index contributed by atoms with van der Waals surface area (Å²) in [5.41, 5.74) is 2.36. The number of anilines is 1. The third-order valence-corrected chi connectivity index (χ3v) is 8.90. The lowest BCUT2D eigenvalue weighted by Crippen LogP contribution is -2.29. The van der Waals surface area contributed by atoms with Gasteiger partial charge in [0, 0.05) is 31.1 Å². The minimum Gasteiger partial charge on any atom is -0.372 e. The average molecular weight is 406 g/mol. The molecule has 0 bridgehead atoms. The molecule has 0 radical (unpaired) electrons. The molecule has 1 saturated heterocycles. The molecule has 0 unspecified atom stereocenters. The first-order chi connectivity index (χ1) is 13.3. The van der Waals surface area contributed by atoms with Crippen LogP contribution in [0, 0.1) is 11.8 Å². The van der Waals surface area contributed by atoms with Gasteiger partial charge in [-0.1, -0.05) is 12.1 Å². The molecule has 1 aromatic rings. The highest BCUT2D eigenvalue weighted by molar-refractivity contribution is 7.91. The van der Waals surface area contributed by atoms with Crippen molar-refractivity contribution in [3.63, 3.8) is 0 Å². The Labute approximate surface area is 170 Å². The second-order valence-corrected chi connectivity index (χ2v) is 11.6. The molecule has 1 aromatic carbocycles. The number of sulfone groups is 1. The molecule has 0 spiro atoms. The number of ketones is 1. The van der Waals surface area contributed by atoms with Crippen LogP contribution in [0.25, 0.3) is 0 Å². The van der Waals surface area contributed by atoms with E-state index in [2.05, 4.69) is 29.2 Å². The fourth-order valence-corrected chi connectivity index (χ4v) is 5.87. The topological polar surface area (TPSA) is 54.5 Å². The Bertz CT molecular complexity index is 741. The lowest BCUT2D eigenvalue weighted by atomic mass is 9.79. The Kier molecular flexibility index (Phi) is 7.19. The van der Waals surface area contributed by atoms with E-state index in [9.17, 15) is 13.2 Å². The number of carbonyl (C=O) groups is 1. The van der Waals surface area contributed by atoms with E-state index in [1.807, 2.05) is 0 Å². The van der Waals surface area contributed by atoms with Gasteiger partial charge in [0.1, 0.15) is 5.78 Å². The number of Topliss-reactive ketones (excluding diaryl/α,β-unsaturated/α-hetero) is 1. The van der Waals surface area contributed by atoms with Gasteiger partial charge in [-0.15, -0.1) is 0 Å². The molecule has 1 heterocycles. The molecular formula is C23H35NO3S. The molecule has 0 amide bonds. The fraction of sp³-hybridized carbons (Fsp3) is 0.696. The van der Waals surface area contributed by atoms with E-state index in [0.29, 0.717) is 12.2 Å². The molecule has 2 aliphatic rings. The Morgan fingerprint density at radius 2 is 1.61 bits per heavy atom. The first-order valence-corrected chi connectivity index (χ1v) is 12.6. The summed E-state index contributed by atoms with van der Waals surface area (Å²) in [6.45, 7) is 5.77. The number of piperidine rings is 1. The summed E-state index contributed by atoms with van der Waals surface area (Å²) < 4.78 is 24.3. The molecule has 0 atom stereocenters. The predicted molar refractivity (Wildman–Crippen MR) is 116 cm³/mol. The van der Waals surface area contributed by atoms with Crippen LogP contribution in [0.2, 0.25) is 0 Å². The zero-order valence-electron chi connectivity index (χ0n) is 17.4. The van der Waals surface area contributed by atoms with E-state index >= 15 is 0 Å². The van der Waals surface area contributed by atoms with Gasteiger partial charge in [-0.25, -0.2) is 8.42 Å². The Hall–Kier alpha value is -1.36. The number of carbonyl (C=O) groups excluding carboxylic acids is 1. The summed E-state index contributed by atoms with van der Waals surface area (Å²) in [5.74, 6) is 0.916. The summed E-state index contributed by atoms with van der Waals surface area (Å²) in [6, 6.07) is 8.51. The normalized spacial score (nSPS) is 23.8. The zero-order chi connectivity index (χ0) is 20.1. The molecule has 0 aromatic heterocycles. The smallest absolute Gasteiger partial charge is 0.152 e. The van der Waals surface area contributed by atoms with Gasteiger partial charge < -0.3 is 4.90 Å². The van der Waals surface area contributed by atoms with Gasteiger partial charge in [0.05, 0.1) is 11.0 Å². The molecule has 4 nitrogen and oxygen atoms in total. The maximum atomic E-state index is 12.7. The summed E-state index contributed by atoms with van der Waals surface area (Å²) in [7, 11) is -2.99. The van der Waals surface area contributed by atoms with Gasteiger partial charge in [-0.05, 0) is 82.4 Å². The van der Waals surface area contributed by atoms with E-state index < -0.39 is 9.84 Å². The van der Waals surface area contributed by atoms with Crippen LogP contribution >= 0.6 is 0 Å². The van der Waals surface area contributed by atoms with Gasteiger partial charge in [0.2, 0.25) is 0 Å². The number of nitrogens with zero attached hydrogens (tertiary/aromatic N) is 1. The highest BCUT2D eigenvalue weighted by Crippen LogP contribution is 2.32. The van der Waals surface area contributed by atoms with Crippen LogP contribution in [0.1, 0.15) is 64.4 Å². The minimum absolute atomic E-state index is 0.0970. The Morgan fingerprint density at radius 1 is 1.00 bits per heavy atom. The maximum Gasteiger partial charge on any atom is 0.152 e. The van der Waals surface area contributed by atoms with Crippen LogP contribution in [0.5, 0.6) is 0 Å². The molecule has 0 N–H and O–H groups in total. The third-order valence-electron chi connectivity index (χ3n) is 6.52. The van der Waals surface area contributed by atoms with E-state index in [-0.39, 0.29) is 22.8 Å². The lowest BCUT2D eigenvalue weighted by Gasteiger charge is -2.29. The van der Waals surface area contributed by atoms with Crippen molar-refractivity contribution < 1.29 is 13.2 Å². The predicted octanol–water partition coefficient (Wildman–Crippen LogP) is 4.42. The molecule has 1 saturated carbocycles. The van der Waals surface area contributed by atoms with E-state index in [1.54, 1.807) is 13.8 Å².